The summed E-state index contributed by atoms with van der Waals surface area (Å²) in [6.07, 6.45) is 3.91. The van der Waals surface area contributed by atoms with Crippen molar-refractivity contribution in [2.24, 2.45) is 5.92 Å². The Balaban J connectivity index is 2.03. The maximum absolute atomic E-state index is 9.43. The van der Waals surface area contributed by atoms with Crippen molar-refractivity contribution in [3.8, 4) is 0 Å². The van der Waals surface area contributed by atoms with E-state index < -0.39 is 0 Å². The summed E-state index contributed by atoms with van der Waals surface area (Å²) in [5.74, 6) is 0.845. The first-order valence-corrected chi connectivity index (χ1v) is 6.37. The molecule has 84 valence electrons. The third-order valence-electron chi connectivity index (χ3n) is 2.98. The maximum Gasteiger partial charge on any atom is 0.185 e. The monoisotopic (exact) mass is 226 g/mol. The fourth-order valence-electron chi connectivity index (χ4n) is 1.82. The van der Waals surface area contributed by atoms with Gasteiger partial charge in [0.25, 0.3) is 0 Å². The van der Waals surface area contributed by atoms with Gasteiger partial charge >= 0.3 is 0 Å². The van der Waals surface area contributed by atoms with Crippen LogP contribution in [0, 0.1) is 5.92 Å². The summed E-state index contributed by atoms with van der Waals surface area (Å²) in [6, 6.07) is 0. The molecule has 1 aromatic heterocycles. The highest BCUT2D eigenvalue weighted by Gasteiger charge is 2.18. The number of aliphatic hydroxyl groups is 1. The van der Waals surface area contributed by atoms with Gasteiger partial charge in [-0.15, -0.1) is 0 Å². The minimum atomic E-state index is -0.389. The molecule has 15 heavy (non-hydrogen) atoms. The molecule has 1 atom stereocenters. The van der Waals surface area contributed by atoms with Gasteiger partial charge in [-0.3, -0.25) is 0 Å². The van der Waals surface area contributed by atoms with Crippen molar-refractivity contribution in [2.45, 2.75) is 32.8 Å². The lowest BCUT2D eigenvalue weighted by molar-refractivity contribution is 0.203. The molecule has 0 aromatic carbocycles. The molecule has 3 nitrogen and oxygen atoms in total. The Morgan fingerprint density at radius 2 is 2.20 bits per heavy atom. The van der Waals surface area contributed by atoms with E-state index in [1.807, 2.05) is 0 Å². The number of hydrogen-bond acceptors (Lipinski definition) is 4. The Hall–Kier alpha value is -0.610. The molecule has 4 heteroatoms. The molecule has 1 aliphatic heterocycles. The zero-order valence-electron chi connectivity index (χ0n) is 9.31. The molecule has 2 rings (SSSR count). The van der Waals surface area contributed by atoms with Gasteiger partial charge < -0.3 is 10.0 Å². The van der Waals surface area contributed by atoms with Gasteiger partial charge in [0, 0.05) is 19.3 Å². The zero-order chi connectivity index (χ0) is 10.8. The molecule has 1 N–H and O–H groups in total. The number of piperidine rings is 1. The van der Waals surface area contributed by atoms with Gasteiger partial charge in [0.1, 0.15) is 0 Å². The van der Waals surface area contributed by atoms with Gasteiger partial charge in [-0.2, -0.15) is 0 Å². The molecule has 1 fully saturated rings. The molecule has 0 radical (unpaired) electrons. The number of aliphatic hydroxyl groups excluding tert-OH is 1. The summed E-state index contributed by atoms with van der Waals surface area (Å²) in [5.41, 5.74) is 0. The number of rotatable bonds is 2. The first kappa shape index (κ1) is 10.9. The van der Waals surface area contributed by atoms with Crippen molar-refractivity contribution in [2.75, 3.05) is 18.0 Å². The molecular formula is C11H18N2OS. The highest BCUT2D eigenvalue weighted by atomic mass is 32.1. The first-order valence-electron chi connectivity index (χ1n) is 5.55. The molecule has 0 bridgehead atoms. The minimum absolute atomic E-state index is 0.389. The number of anilines is 1. The Morgan fingerprint density at radius 1 is 1.53 bits per heavy atom. The zero-order valence-corrected chi connectivity index (χ0v) is 10.1. The highest BCUT2D eigenvalue weighted by molar-refractivity contribution is 7.15. The van der Waals surface area contributed by atoms with Crippen LogP contribution < -0.4 is 4.90 Å². The second kappa shape index (κ2) is 4.49. The Kier molecular flexibility index (Phi) is 3.26. The van der Waals surface area contributed by atoms with Crippen LogP contribution in [-0.4, -0.2) is 23.2 Å². The summed E-state index contributed by atoms with van der Waals surface area (Å²) in [5, 5.41) is 10.5. The molecule has 1 aliphatic rings. The molecule has 0 spiro atoms. The van der Waals surface area contributed by atoms with Crippen molar-refractivity contribution in [1.29, 1.82) is 0 Å². The summed E-state index contributed by atoms with van der Waals surface area (Å²) in [6.45, 7) is 6.30. The summed E-state index contributed by atoms with van der Waals surface area (Å²) < 4.78 is 0. The van der Waals surface area contributed by atoms with E-state index in [1.54, 1.807) is 24.5 Å². The van der Waals surface area contributed by atoms with Gasteiger partial charge in [-0.05, 0) is 25.7 Å². The number of nitrogens with zero attached hydrogens (tertiary/aromatic N) is 2. The normalized spacial score (nSPS) is 20.6. The lowest BCUT2D eigenvalue weighted by atomic mass is 10.00. The topological polar surface area (TPSA) is 36.4 Å². The van der Waals surface area contributed by atoms with E-state index >= 15 is 0 Å². The Labute approximate surface area is 94.8 Å². The molecular weight excluding hydrogens is 208 g/mol. The predicted octanol–water partition coefficient (Wildman–Crippen LogP) is 2.43. The summed E-state index contributed by atoms with van der Waals surface area (Å²) >= 11 is 1.61. The Bertz CT molecular complexity index is 316. The average Bonchev–Trinajstić information content (AvgIpc) is 2.68. The van der Waals surface area contributed by atoms with Gasteiger partial charge in [0.2, 0.25) is 0 Å². The van der Waals surface area contributed by atoms with Crippen LogP contribution in [-0.2, 0) is 0 Å². The summed E-state index contributed by atoms with van der Waals surface area (Å²) in [4.78, 5) is 7.66. The van der Waals surface area contributed by atoms with Crippen molar-refractivity contribution < 1.29 is 5.11 Å². The van der Waals surface area contributed by atoms with E-state index in [-0.39, 0.29) is 6.10 Å². The summed E-state index contributed by atoms with van der Waals surface area (Å²) in [7, 11) is 0. The van der Waals surface area contributed by atoms with E-state index in [4.69, 9.17) is 0 Å². The molecule has 1 aromatic rings. The largest absolute Gasteiger partial charge is 0.388 e. The van der Waals surface area contributed by atoms with E-state index in [2.05, 4.69) is 16.8 Å². The van der Waals surface area contributed by atoms with Gasteiger partial charge in [-0.25, -0.2) is 4.98 Å². The fraction of sp³-hybridized carbons (Fsp3) is 0.727. The molecule has 0 aliphatic carbocycles. The van der Waals surface area contributed by atoms with E-state index in [0.29, 0.717) is 0 Å². The van der Waals surface area contributed by atoms with Crippen LogP contribution in [0.3, 0.4) is 0 Å². The fourth-order valence-corrected chi connectivity index (χ4v) is 2.72. The quantitative estimate of drug-likeness (QED) is 0.841. The lowest BCUT2D eigenvalue weighted by Crippen LogP contribution is -2.32. The van der Waals surface area contributed by atoms with Crippen LogP contribution in [0.15, 0.2) is 6.20 Å². The molecule has 2 heterocycles. The van der Waals surface area contributed by atoms with Crippen molar-refractivity contribution in [1.82, 2.24) is 4.98 Å². The van der Waals surface area contributed by atoms with E-state index in [0.717, 1.165) is 29.0 Å². The first-order chi connectivity index (χ1) is 7.16. The molecule has 1 saturated heterocycles. The molecule has 0 saturated carbocycles. The van der Waals surface area contributed by atoms with Gasteiger partial charge in [-0.1, -0.05) is 18.3 Å². The third kappa shape index (κ3) is 2.49. The van der Waals surface area contributed by atoms with E-state index in [1.165, 1.54) is 12.8 Å². The lowest BCUT2D eigenvalue weighted by Gasteiger charge is -2.29. The van der Waals surface area contributed by atoms with Crippen LogP contribution in [0.5, 0.6) is 0 Å². The highest BCUT2D eigenvalue weighted by Crippen LogP contribution is 2.29. The van der Waals surface area contributed by atoms with Gasteiger partial charge in [0.15, 0.2) is 5.13 Å². The van der Waals surface area contributed by atoms with Crippen molar-refractivity contribution in [3.63, 3.8) is 0 Å². The van der Waals surface area contributed by atoms with Crippen LogP contribution in [0.25, 0.3) is 0 Å². The number of thiazole rings is 1. The van der Waals surface area contributed by atoms with E-state index in [9.17, 15) is 5.11 Å². The number of aromatic nitrogens is 1. The van der Waals surface area contributed by atoms with Crippen LogP contribution in [0.4, 0.5) is 5.13 Å². The molecule has 0 amide bonds. The standard InChI is InChI=1S/C11H18N2OS/c1-8-3-5-13(6-4-8)11-12-7-10(15-11)9(2)14/h7-9,14H,3-6H2,1-2H3. The van der Waals surface area contributed by atoms with Crippen LogP contribution in [0.1, 0.15) is 37.7 Å². The Morgan fingerprint density at radius 3 is 2.73 bits per heavy atom. The predicted molar refractivity (Wildman–Crippen MR) is 63.4 cm³/mol. The van der Waals surface area contributed by atoms with Gasteiger partial charge in [0.05, 0.1) is 11.0 Å². The third-order valence-corrected chi connectivity index (χ3v) is 4.21. The maximum atomic E-state index is 9.43. The van der Waals surface area contributed by atoms with Crippen LogP contribution in [0.2, 0.25) is 0 Å². The van der Waals surface area contributed by atoms with Crippen molar-refractivity contribution in [3.05, 3.63) is 11.1 Å². The second-order valence-corrected chi connectivity index (χ2v) is 5.43. The number of hydrogen-bond donors (Lipinski definition) is 1. The van der Waals surface area contributed by atoms with Crippen LogP contribution >= 0.6 is 11.3 Å². The molecule has 1 unspecified atom stereocenters. The minimum Gasteiger partial charge on any atom is -0.388 e. The smallest absolute Gasteiger partial charge is 0.185 e. The SMILES string of the molecule is CC1CCN(c2ncc(C(C)O)s2)CC1. The van der Waals surface area contributed by atoms with Crippen molar-refractivity contribution >= 4 is 16.5 Å². The second-order valence-electron chi connectivity index (χ2n) is 4.39. The average molecular weight is 226 g/mol.